The Balaban J connectivity index is 0.000000323. The number of hydrogen-bond donors (Lipinski definition) is 7. The summed E-state index contributed by atoms with van der Waals surface area (Å²) < 4.78 is 28.8. The SMILES string of the molecule is Cc1c(F)cc(C(=O)N[C@@H](C)CO)cc1-c1ccc(C(=O)NCC(C)(C)C)cc1C(N)=O.Cc1c(F)cc(C(=O)O)cc1-c1ccc(C(=O)NCC(C)(C)C)cc1C(N)=O. The van der Waals surface area contributed by atoms with Crippen molar-refractivity contribution in [3.63, 3.8) is 0 Å². The van der Waals surface area contributed by atoms with E-state index >= 15 is 0 Å². The van der Waals surface area contributed by atoms with Crippen LogP contribution in [0.25, 0.3) is 22.3 Å². The number of aromatic carboxylic acids is 1. The van der Waals surface area contributed by atoms with Gasteiger partial charge >= 0.3 is 5.97 Å². The molecule has 13 nitrogen and oxygen atoms in total. The van der Waals surface area contributed by atoms with Crippen molar-refractivity contribution >= 4 is 35.5 Å². The Hall–Kier alpha value is -6.48. The molecule has 0 radical (unpaired) electrons. The van der Waals surface area contributed by atoms with Gasteiger partial charge in [-0.25, -0.2) is 13.6 Å². The molecular weight excluding hydrogens is 777 g/mol. The molecule has 1 atom stereocenters. The van der Waals surface area contributed by atoms with Crippen molar-refractivity contribution in [3.05, 3.63) is 117 Å². The lowest BCUT2D eigenvalue weighted by atomic mass is 9.91. The number of carboxylic acid groups (broad SMARTS) is 1. The molecule has 0 aliphatic rings. The van der Waals surface area contributed by atoms with Crippen molar-refractivity contribution < 1.29 is 47.8 Å². The molecule has 0 heterocycles. The van der Waals surface area contributed by atoms with Gasteiger partial charge in [0.05, 0.1) is 12.2 Å². The van der Waals surface area contributed by atoms with E-state index in [0.717, 1.165) is 12.1 Å². The lowest BCUT2D eigenvalue weighted by Gasteiger charge is -2.19. The van der Waals surface area contributed by atoms with Crippen LogP contribution in [0.15, 0.2) is 60.7 Å². The van der Waals surface area contributed by atoms with Gasteiger partial charge in [-0.1, -0.05) is 53.7 Å². The van der Waals surface area contributed by atoms with E-state index < -0.39 is 41.4 Å². The molecule has 0 bridgehead atoms. The minimum Gasteiger partial charge on any atom is -0.478 e. The highest BCUT2D eigenvalue weighted by Gasteiger charge is 2.23. The third kappa shape index (κ3) is 12.8. The van der Waals surface area contributed by atoms with E-state index in [1.54, 1.807) is 6.92 Å². The zero-order valence-corrected chi connectivity index (χ0v) is 35.2. The summed E-state index contributed by atoms with van der Waals surface area (Å²) in [5, 5.41) is 26.5. The molecule has 0 aliphatic carbocycles. The van der Waals surface area contributed by atoms with Gasteiger partial charge < -0.3 is 37.6 Å². The van der Waals surface area contributed by atoms with Gasteiger partial charge in [0.2, 0.25) is 11.8 Å². The van der Waals surface area contributed by atoms with E-state index in [2.05, 4.69) is 16.0 Å². The highest BCUT2D eigenvalue weighted by atomic mass is 19.1. The lowest BCUT2D eigenvalue weighted by molar-refractivity contribution is 0.0695. The molecule has 0 saturated carbocycles. The van der Waals surface area contributed by atoms with E-state index in [1.807, 2.05) is 41.5 Å². The van der Waals surface area contributed by atoms with Gasteiger partial charge in [0.15, 0.2) is 0 Å². The number of benzene rings is 4. The Morgan fingerprint density at radius 1 is 0.600 bits per heavy atom. The van der Waals surface area contributed by atoms with Crippen LogP contribution in [0.5, 0.6) is 0 Å². The molecule has 4 aromatic rings. The second-order valence-corrected chi connectivity index (χ2v) is 16.9. The molecule has 320 valence electrons. The average Bonchev–Trinajstić information content (AvgIpc) is 3.16. The summed E-state index contributed by atoms with van der Waals surface area (Å²) in [7, 11) is 0. The van der Waals surface area contributed by atoms with Crippen molar-refractivity contribution in [3.8, 4) is 22.3 Å². The minimum atomic E-state index is -1.29. The van der Waals surface area contributed by atoms with Crippen LogP contribution < -0.4 is 27.4 Å². The van der Waals surface area contributed by atoms with Gasteiger partial charge in [-0.05, 0) is 114 Å². The quantitative estimate of drug-likeness (QED) is 0.0872. The van der Waals surface area contributed by atoms with Gasteiger partial charge in [-0.2, -0.15) is 0 Å². The number of rotatable bonds is 12. The summed E-state index contributed by atoms with van der Waals surface area (Å²) in [5.41, 5.74) is 12.6. The van der Waals surface area contributed by atoms with Crippen LogP contribution in [0.3, 0.4) is 0 Å². The van der Waals surface area contributed by atoms with Crippen LogP contribution in [0.1, 0.15) is 122 Å². The maximum Gasteiger partial charge on any atom is 0.335 e. The van der Waals surface area contributed by atoms with Gasteiger partial charge in [-0.15, -0.1) is 0 Å². The zero-order valence-electron chi connectivity index (χ0n) is 35.2. The third-order valence-corrected chi connectivity index (χ3v) is 9.08. The second kappa shape index (κ2) is 19.5. The number of hydrogen-bond acceptors (Lipinski definition) is 7. The molecule has 15 heteroatoms. The number of carbonyl (C=O) groups is 6. The molecule has 4 rings (SSSR count). The molecular formula is C45H53F2N5O8. The molecule has 0 aliphatic heterocycles. The number of primary amides is 2. The van der Waals surface area contributed by atoms with Crippen molar-refractivity contribution in [2.45, 2.75) is 68.4 Å². The number of nitrogens with two attached hydrogens (primary N) is 2. The predicted molar refractivity (Wildman–Crippen MR) is 225 cm³/mol. The summed E-state index contributed by atoms with van der Waals surface area (Å²) in [4.78, 5) is 72.7. The number of amides is 5. The standard InChI is InChI=1S/C24H30FN3O4.C21H23FN2O4/c1-13(11-29)28-23(32)16-9-18(14(2)20(25)10-16)17-7-6-15(8-19(17)21(26)30)22(31)27-12-24(3,4)5;1-11-15(8-13(20(27)28)9-17(11)22)14-6-5-12(7-16(14)18(23)25)19(26)24-10-21(2,3)4/h6-10,13,29H,11-12H2,1-5H3,(H2,26,30)(H,27,31)(H,28,32);5-9H,10H2,1-4H3,(H2,23,25)(H,24,26)(H,27,28)/t13-;/m0./s1. The summed E-state index contributed by atoms with van der Waals surface area (Å²) in [6.45, 7) is 17.1. The Bertz CT molecular complexity index is 2330. The number of carbonyl (C=O) groups excluding carboxylic acids is 5. The fourth-order valence-corrected chi connectivity index (χ4v) is 5.67. The Labute approximate surface area is 347 Å². The van der Waals surface area contributed by atoms with Crippen LogP contribution in [0.4, 0.5) is 8.78 Å². The van der Waals surface area contributed by atoms with Crippen LogP contribution in [-0.2, 0) is 0 Å². The van der Waals surface area contributed by atoms with E-state index in [4.69, 9.17) is 16.6 Å². The number of nitrogens with one attached hydrogen (secondary N) is 3. The molecule has 0 aromatic heterocycles. The fourth-order valence-electron chi connectivity index (χ4n) is 5.67. The Morgan fingerprint density at radius 3 is 1.33 bits per heavy atom. The number of halogens is 2. The summed E-state index contributed by atoms with van der Waals surface area (Å²) >= 11 is 0. The first-order valence-corrected chi connectivity index (χ1v) is 18.9. The van der Waals surface area contributed by atoms with E-state index in [0.29, 0.717) is 24.2 Å². The van der Waals surface area contributed by atoms with Crippen LogP contribution >= 0.6 is 0 Å². The van der Waals surface area contributed by atoms with Gasteiger partial charge in [-0.3, -0.25) is 24.0 Å². The molecule has 9 N–H and O–H groups in total. The van der Waals surface area contributed by atoms with Gasteiger partial charge in [0.1, 0.15) is 11.6 Å². The Morgan fingerprint density at radius 2 is 0.983 bits per heavy atom. The molecule has 5 amide bonds. The topological polar surface area (TPSA) is 231 Å². The first-order chi connectivity index (χ1) is 27.7. The Kier molecular flexibility index (Phi) is 15.6. The highest BCUT2D eigenvalue weighted by molar-refractivity contribution is 6.06. The number of carboxylic acids is 1. The molecule has 0 spiro atoms. The predicted octanol–water partition coefficient (Wildman–Crippen LogP) is 6.16. The minimum absolute atomic E-state index is 0.00782. The van der Waals surface area contributed by atoms with Crippen molar-refractivity contribution in [1.82, 2.24) is 16.0 Å². The van der Waals surface area contributed by atoms with Crippen molar-refractivity contribution in [2.75, 3.05) is 19.7 Å². The van der Waals surface area contributed by atoms with E-state index in [1.165, 1.54) is 62.4 Å². The van der Waals surface area contributed by atoms with Gasteiger partial charge in [0.25, 0.3) is 17.7 Å². The van der Waals surface area contributed by atoms with E-state index in [-0.39, 0.29) is 84.9 Å². The number of aliphatic hydroxyl groups excluding tert-OH is 1. The average molecular weight is 830 g/mol. The zero-order chi connectivity index (χ0) is 45.4. The van der Waals surface area contributed by atoms with Crippen molar-refractivity contribution in [1.29, 1.82) is 0 Å². The first-order valence-electron chi connectivity index (χ1n) is 18.9. The van der Waals surface area contributed by atoms with Crippen LogP contribution in [0, 0.1) is 36.3 Å². The molecule has 0 saturated heterocycles. The maximum absolute atomic E-state index is 14.6. The van der Waals surface area contributed by atoms with E-state index in [9.17, 15) is 42.7 Å². The van der Waals surface area contributed by atoms with Crippen LogP contribution in [0.2, 0.25) is 0 Å². The largest absolute Gasteiger partial charge is 0.478 e. The smallest absolute Gasteiger partial charge is 0.335 e. The second-order valence-electron chi connectivity index (χ2n) is 16.9. The molecule has 60 heavy (non-hydrogen) atoms. The summed E-state index contributed by atoms with van der Waals surface area (Å²) in [6, 6.07) is 12.9. The number of aliphatic hydroxyl groups is 1. The monoisotopic (exact) mass is 829 g/mol. The lowest BCUT2D eigenvalue weighted by Crippen LogP contribution is -2.35. The molecule has 0 fully saturated rings. The van der Waals surface area contributed by atoms with Crippen LogP contribution in [-0.4, -0.2) is 71.5 Å². The summed E-state index contributed by atoms with van der Waals surface area (Å²) in [6.07, 6.45) is 0. The van der Waals surface area contributed by atoms with Crippen molar-refractivity contribution in [2.24, 2.45) is 22.3 Å². The third-order valence-electron chi connectivity index (χ3n) is 9.08. The highest BCUT2D eigenvalue weighted by Crippen LogP contribution is 2.32. The normalized spacial score (nSPS) is 11.7. The fraction of sp³-hybridized carbons (Fsp3) is 0.333. The summed E-state index contributed by atoms with van der Waals surface area (Å²) in [5.74, 6) is -5.52. The molecule has 0 unspecified atom stereocenters. The van der Waals surface area contributed by atoms with Gasteiger partial charge in [0, 0.05) is 46.9 Å². The first kappa shape index (κ1) is 47.9. The maximum atomic E-state index is 14.6. The molecule has 4 aromatic carbocycles.